The minimum Gasteiger partial charge on any atom is -0.300 e. The number of carbonyl (C=O) groups excluding carboxylic acids is 1. The zero-order chi connectivity index (χ0) is 9.14. The number of hydrogen-bond donors (Lipinski definition) is 0. The minimum atomic E-state index is 0.0324. The topological polar surface area (TPSA) is 30.0 Å². The summed E-state index contributed by atoms with van der Waals surface area (Å²) >= 11 is 11.5. The molecular formula is C8H7Cl2NO. The first kappa shape index (κ1) is 9.49. The van der Waals surface area contributed by atoms with Gasteiger partial charge < -0.3 is 0 Å². The smallest absolute Gasteiger partial charge is 0.134 e. The Morgan fingerprint density at radius 2 is 1.92 bits per heavy atom. The van der Waals surface area contributed by atoms with Gasteiger partial charge in [0.05, 0.1) is 10.0 Å². The van der Waals surface area contributed by atoms with Crippen molar-refractivity contribution in [1.82, 2.24) is 4.98 Å². The van der Waals surface area contributed by atoms with Crippen molar-refractivity contribution >= 4 is 29.0 Å². The molecule has 0 bridgehead atoms. The fraction of sp³-hybridized carbons (Fsp3) is 0.250. The molecular weight excluding hydrogens is 197 g/mol. The summed E-state index contributed by atoms with van der Waals surface area (Å²) in [5.74, 6) is 0.0324. The van der Waals surface area contributed by atoms with E-state index < -0.39 is 0 Å². The second kappa shape index (κ2) is 3.87. The van der Waals surface area contributed by atoms with Crippen LogP contribution in [0.3, 0.4) is 0 Å². The molecule has 1 heterocycles. The van der Waals surface area contributed by atoms with E-state index in [4.69, 9.17) is 23.2 Å². The molecule has 2 nitrogen and oxygen atoms in total. The Morgan fingerprint density at radius 3 is 2.33 bits per heavy atom. The summed E-state index contributed by atoms with van der Waals surface area (Å²) in [4.78, 5) is 14.6. The Kier molecular flexibility index (Phi) is 3.06. The molecule has 0 aliphatic rings. The monoisotopic (exact) mass is 203 g/mol. The Morgan fingerprint density at radius 1 is 1.42 bits per heavy atom. The van der Waals surface area contributed by atoms with Gasteiger partial charge in [-0.1, -0.05) is 23.2 Å². The molecule has 0 fully saturated rings. The SMILES string of the molecule is CC(=O)Cc1c(Cl)cncc1Cl. The summed E-state index contributed by atoms with van der Waals surface area (Å²) in [5, 5.41) is 0.885. The lowest BCUT2D eigenvalue weighted by atomic mass is 10.1. The van der Waals surface area contributed by atoms with Gasteiger partial charge in [0.1, 0.15) is 5.78 Å². The third kappa shape index (κ3) is 2.19. The summed E-state index contributed by atoms with van der Waals surface area (Å²) in [5.41, 5.74) is 0.654. The van der Waals surface area contributed by atoms with Gasteiger partial charge in [0.25, 0.3) is 0 Å². The first-order valence-corrected chi connectivity index (χ1v) is 4.14. The largest absolute Gasteiger partial charge is 0.300 e. The molecule has 0 amide bonds. The van der Waals surface area contributed by atoms with E-state index in [9.17, 15) is 4.79 Å². The van der Waals surface area contributed by atoms with Crippen LogP contribution in [0.15, 0.2) is 12.4 Å². The first-order chi connectivity index (χ1) is 5.61. The van der Waals surface area contributed by atoms with E-state index in [1.807, 2.05) is 0 Å². The second-order valence-corrected chi connectivity index (χ2v) is 3.27. The Labute approximate surface area is 80.5 Å². The van der Waals surface area contributed by atoms with Crippen LogP contribution in [0.5, 0.6) is 0 Å². The Balaban J connectivity index is 3.04. The first-order valence-electron chi connectivity index (χ1n) is 3.38. The highest BCUT2D eigenvalue weighted by atomic mass is 35.5. The van der Waals surface area contributed by atoms with Gasteiger partial charge in [0.2, 0.25) is 0 Å². The van der Waals surface area contributed by atoms with Gasteiger partial charge in [-0.25, -0.2) is 0 Å². The van der Waals surface area contributed by atoms with E-state index in [-0.39, 0.29) is 12.2 Å². The third-order valence-corrected chi connectivity index (χ3v) is 2.03. The number of rotatable bonds is 2. The molecule has 12 heavy (non-hydrogen) atoms. The highest BCUT2D eigenvalue weighted by molar-refractivity contribution is 6.36. The fourth-order valence-electron chi connectivity index (χ4n) is 0.856. The molecule has 0 saturated carbocycles. The maximum Gasteiger partial charge on any atom is 0.134 e. The molecule has 64 valence electrons. The normalized spacial score (nSPS) is 9.92. The van der Waals surface area contributed by atoms with Gasteiger partial charge in [-0.2, -0.15) is 0 Å². The van der Waals surface area contributed by atoms with Crippen LogP contribution in [-0.4, -0.2) is 10.8 Å². The van der Waals surface area contributed by atoms with E-state index >= 15 is 0 Å². The summed E-state index contributed by atoms with van der Waals surface area (Å²) in [6.45, 7) is 1.49. The van der Waals surface area contributed by atoms with E-state index in [1.54, 1.807) is 0 Å². The molecule has 0 aliphatic carbocycles. The molecule has 0 N–H and O–H groups in total. The van der Waals surface area contributed by atoms with Crippen molar-refractivity contribution in [3.63, 3.8) is 0 Å². The van der Waals surface area contributed by atoms with Crippen molar-refractivity contribution in [2.24, 2.45) is 0 Å². The average Bonchev–Trinajstić information content (AvgIpc) is 1.97. The second-order valence-electron chi connectivity index (χ2n) is 2.46. The highest BCUT2D eigenvalue weighted by Gasteiger charge is 2.07. The van der Waals surface area contributed by atoms with E-state index in [0.717, 1.165) is 0 Å². The van der Waals surface area contributed by atoms with Crippen LogP contribution in [0.1, 0.15) is 12.5 Å². The number of ketones is 1. The van der Waals surface area contributed by atoms with Crippen LogP contribution < -0.4 is 0 Å². The number of pyridine rings is 1. The van der Waals surface area contributed by atoms with Gasteiger partial charge >= 0.3 is 0 Å². The number of nitrogens with zero attached hydrogens (tertiary/aromatic N) is 1. The maximum atomic E-state index is 10.8. The third-order valence-electron chi connectivity index (χ3n) is 1.38. The van der Waals surface area contributed by atoms with Gasteiger partial charge in [-0.3, -0.25) is 9.78 Å². The molecule has 0 radical (unpaired) electrons. The van der Waals surface area contributed by atoms with Crippen LogP contribution in [0.2, 0.25) is 10.0 Å². The van der Waals surface area contributed by atoms with Crippen LogP contribution in [-0.2, 0) is 11.2 Å². The highest BCUT2D eigenvalue weighted by Crippen LogP contribution is 2.23. The lowest BCUT2D eigenvalue weighted by Crippen LogP contribution is -1.98. The summed E-state index contributed by atoms with van der Waals surface area (Å²) in [6.07, 6.45) is 3.22. The lowest BCUT2D eigenvalue weighted by molar-refractivity contribution is -0.116. The van der Waals surface area contributed by atoms with E-state index in [1.165, 1.54) is 19.3 Å². The van der Waals surface area contributed by atoms with Crippen molar-refractivity contribution in [2.75, 3.05) is 0 Å². The molecule has 4 heteroatoms. The number of halogens is 2. The quantitative estimate of drug-likeness (QED) is 0.740. The zero-order valence-corrected chi connectivity index (χ0v) is 7.99. The van der Waals surface area contributed by atoms with Gasteiger partial charge in [-0.05, 0) is 12.5 Å². The number of hydrogen-bond acceptors (Lipinski definition) is 2. The van der Waals surface area contributed by atoms with Crippen LogP contribution >= 0.6 is 23.2 Å². The standard InChI is InChI=1S/C8H7Cl2NO/c1-5(12)2-6-7(9)3-11-4-8(6)10/h3-4H,2H2,1H3. The molecule has 0 spiro atoms. The molecule has 0 saturated heterocycles. The average molecular weight is 204 g/mol. The van der Waals surface area contributed by atoms with Crippen molar-refractivity contribution in [3.8, 4) is 0 Å². The number of aromatic nitrogens is 1. The summed E-state index contributed by atoms with van der Waals surface area (Å²) < 4.78 is 0. The predicted octanol–water partition coefficient (Wildman–Crippen LogP) is 2.52. The van der Waals surface area contributed by atoms with Gasteiger partial charge in [0, 0.05) is 18.8 Å². The summed E-state index contributed by atoms with van der Waals surface area (Å²) in [6, 6.07) is 0. The molecule has 0 atom stereocenters. The molecule has 0 aromatic carbocycles. The van der Waals surface area contributed by atoms with Crippen molar-refractivity contribution < 1.29 is 4.79 Å². The van der Waals surface area contributed by atoms with Gasteiger partial charge in [-0.15, -0.1) is 0 Å². The Hall–Kier alpha value is -0.600. The number of carbonyl (C=O) groups is 1. The lowest BCUT2D eigenvalue weighted by Gasteiger charge is -2.02. The molecule has 0 aliphatic heterocycles. The van der Waals surface area contributed by atoms with Crippen molar-refractivity contribution in [1.29, 1.82) is 0 Å². The molecule has 0 unspecified atom stereocenters. The van der Waals surface area contributed by atoms with Crippen molar-refractivity contribution in [3.05, 3.63) is 28.0 Å². The maximum absolute atomic E-state index is 10.8. The van der Waals surface area contributed by atoms with Crippen LogP contribution in [0.25, 0.3) is 0 Å². The Bertz CT molecular complexity index is 292. The minimum absolute atomic E-state index is 0.0324. The summed E-state index contributed by atoms with van der Waals surface area (Å²) in [7, 11) is 0. The van der Waals surface area contributed by atoms with Crippen molar-refractivity contribution in [2.45, 2.75) is 13.3 Å². The number of Topliss-reactive ketones (excluding diaryl/α,β-unsaturated/α-hetero) is 1. The van der Waals surface area contributed by atoms with E-state index in [0.29, 0.717) is 15.6 Å². The molecule has 1 aromatic rings. The molecule has 1 rings (SSSR count). The predicted molar refractivity (Wildman–Crippen MR) is 48.6 cm³/mol. The van der Waals surface area contributed by atoms with E-state index in [2.05, 4.69) is 4.98 Å². The fourth-order valence-corrected chi connectivity index (χ4v) is 1.35. The zero-order valence-electron chi connectivity index (χ0n) is 6.47. The van der Waals surface area contributed by atoms with Crippen LogP contribution in [0.4, 0.5) is 0 Å². The molecule has 1 aromatic heterocycles. The van der Waals surface area contributed by atoms with Crippen LogP contribution in [0, 0.1) is 0 Å². The van der Waals surface area contributed by atoms with Gasteiger partial charge in [0.15, 0.2) is 0 Å².